The second-order valence-corrected chi connectivity index (χ2v) is 6.11. The highest BCUT2D eigenvalue weighted by Crippen LogP contribution is 2.47. The number of carbonyl (C=O) groups is 1. The molecule has 1 heterocycles. The molecule has 0 bridgehead atoms. The molecule has 4 nitrogen and oxygen atoms in total. The number of hydrazine groups is 1. The van der Waals surface area contributed by atoms with E-state index in [0.717, 1.165) is 23.0 Å². The molecule has 2 N–H and O–H groups in total. The van der Waals surface area contributed by atoms with Gasteiger partial charge in [-0.15, -0.1) is 0 Å². The highest BCUT2D eigenvalue weighted by molar-refractivity contribution is 7.22. The monoisotopic (exact) mass is 401 g/mol. The fourth-order valence-corrected chi connectivity index (χ4v) is 2.55. The lowest BCUT2D eigenvalue weighted by atomic mass is 10.1. The van der Waals surface area contributed by atoms with E-state index >= 15 is 0 Å². The van der Waals surface area contributed by atoms with Crippen LogP contribution in [0.3, 0.4) is 0 Å². The van der Waals surface area contributed by atoms with Crippen LogP contribution >= 0.6 is 11.3 Å². The third kappa shape index (κ3) is 3.74. The number of allylic oxidation sites excluding steroid dienone is 2. The predicted molar refractivity (Wildman–Crippen MR) is 81.1 cm³/mol. The molecule has 2 aromatic rings. The quantitative estimate of drug-likeness (QED) is 0.425. The minimum absolute atomic E-state index is 0.0417. The van der Waals surface area contributed by atoms with Crippen LogP contribution in [0.5, 0.6) is 0 Å². The van der Waals surface area contributed by atoms with Crippen LogP contribution in [0.1, 0.15) is 6.92 Å². The van der Waals surface area contributed by atoms with Crippen LogP contribution in [0, 0.1) is 0 Å². The maximum atomic E-state index is 13.2. The van der Waals surface area contributed by atoms with Crippen molar-refractivity contribution in [2.45, 2.75) is 24.9 Å². The zero-order valence-electron chi connectivity index (χ0n) is 12.8. The van der Waals surface area contributed by atoms with Gasteiger partial charge in [0.05, 0.1) is 10.2 Å². The molecule has 0 fully saturated rings. The summed E-state index contributed by atoms with van der Waals surface area (Å²) in [5.41, 5.74) is 4.88. The fraction of sp³-hybridized carbons (Fsp3) is 0.286. The number of para-hydroxylation sites is 1. The maximum Gasteiger partial charge on any atom is 0.460 e. The summed E-state index contributed by atoms with van der Waals surface area (Å²) in [6.45, 7) is 1.03. The molecule has 26 heavy (non-hydrogen) atoms. The minimum atomic E-state index is -6.57. The zero-order valence-corrected chi connectivity index (χ0v) is 13.6. The Labute approximate surface area is 145 Å². The third-order valence-electron chi connectivity index (χ3n) is 3.07. The van der Waals surface area contributed by atoms with E-state index in [1.807, 2.05) is 0 Å². The molecule has 142 valence electrons. The van der Waals surface area contributed by atoms with E-state index in [-0.39, 0.29) is 11.2 Å². The summed E-state index contributed by atoms with van der Waals surface area (Å²) in [5, 5.41) is 0.263. The van der Waals surface area contributed by atoms with E-state index in [9.17, 15) is 35.5 Å². The zero-order chi connectivity index (χ0) is 19.8. The first-order valence-corrected chi connectivity index (χ1v) is 7.60. The van der Waals surface area contributed by atoms with Gasteiger partial charge in [0.1, 0.15) is 0 Å². The van der Waals surface area contributed by atoms with Gasteiger partial charge in [-0.05, 0) is 19.1 Å². The molecule has 0 atom stereocenters. The van der Waals surface area contributed by atoms with Crippen LogP contribution in [0.25, 0.3) is 10.2 Å². The standard InChI is InChI=1S/C14H10F7N3OS/c1-7(6-10(25)12(15,16)13(17,18)14(19,20)21)23-24-11-22-8-4-2-3-5-9(8)26-11/h2-6,23H,1H3,(H,22,24). The second kappa shape index (κ2) is 6.74. The first kappa shape index (κ1) is 19.9. The van der Waals surface area contributed by atoms with E-state index in [4.69, 9.17) is 0 Å². The fourth-order valence-electron chi connectivity index (χ4n) is 1.73. The number of alkyl halides is 7. The summed E-state index contributed by atoms with van der Waals surface area (Å²) in [4.78, 5) is 15.3. The molecule has 2 rings (SSSR count). The molecule has 12 heteroatoms. The van der Waals surface area contributed by atoms with Gasteiger partial charge < -0.3 is 5.43 Å². The Morgan fingerprint density at radius 2 is 1.73 bits per heavy atom. The first-order valence-electron chi connectivity index (χ1n) is 6.79. The number of rotatable bonds is 6. The van der Waals surface area contributed by atoms with E-state index in [2.05, 4.69) is 15.8 Å². The number of benzene rings is 1. The van der Waals surface area contributed by atoms with Gasteiger partial charge in [0.2, 0.25) is 10.9 Å². The van der Waals surface area contributed by atoms with Crippen LogP contribution in [0.2, 0.25) is 0 Å². The lowest BCUT2D eigenvalue weighted by Gasteiger charge is -2.26. The molecule has 1 aromatic carbocycles. The highest BCUT2D eigenvalue weighted by Gasteiger charge is 2.75. The van der Waals surface area contributed by atoms with Crippen molar-refractivity contribution < 1.29 is 35.5 Å². The third-order valence-corrected chi connectivity index (χ3v) is 4.02. The van der Waals surface area contributed by atoms with Crippen LogP contribution in [0.4, 0.5) is 35.9 Å². The molecule has 0 saturated heterocycles. The Kier molecular flexibility index (Phi) is 5.17. The van der Waals surface area contributed by atoms with Crippen molar-refractivity contribution in [3.63, 3.8) is 0 Å². The number of ketones is 1. The summed E-state index contributed by atoms with van der Waals surface area (Å²) in [7, 11) is 0. The van der Waals surface area contributed by atoms with Crippen molar-refractivity contribution in [3.8, 4) is 0 Å². The topological polar surface area (TPSA) is 54.0 Å². The van der Waals surface area contributed by atoms with Crippen molar-refractivity contribution in [2.75, 3.05) is 5.43 Å². The first-order chi connectivity index (χ1) is 11.9. The number of hydrogen-bond donors (Lipinski definition) is 2. The van der Waals surface area contributed by atoms with Crippen molar-refractivity contribution in [3.05, 3.63) is 36.0 Å². The second-order valence-electron chi connectivity index (χ2n) is 5.07. The van der Waals surface area contributed by atoms with Gasteiger partial charge in [0.25, 0.3) is 0 Å². The van der Waals surface area contributed by atoms with Crippen LogP contribution in [-0.2, 0) is 4.79 Å². The Hall–Kier alpha value is -2.37. The number of hydrogen-bond acceptors (Lipinski definition) is 5. The van der Waals surface area contributed by atoms with Gasteiger partial charge >= 0.3 is 18.0 Å². The summed E-state index contributed by atoms with van der Waals surface area (Å²) in [5.74, 6) is -15.1. The smallest absolute Gasteiger partial charge is 0.303 e. The number of aromatic nitrogens is 1. The summed E-state index contributed by atoms with van der Waals surface area (Å²) in [6, 6.07) is 6.93. The normalized spacial score (nSPS) is 13.8. The summed E-state index contributed by atoms with van der Waals surface area (Å²) in [6.07, 6.45) is -6.61. The largest absolute Gasteiger partial charge is 0.460 e. The predicted octanol–water partition coefficient (Wildman–Crippen LogP) is 4.52. The van der Waals surface area contributed by atoms with E-state index in [0.29, 0.717) is 5.52 Å². The van der Waals surface area contributed by atoms with Gasteiger partial charge in [-0.2, -0.15) is 30.7 Å². The van der Waals surface area contributed by atoms with Gasteiger partial charge in [-0.3, -0.25) is 10.2 Å². The Balaban J connectivity index is 2.09. The molecular formula is C14H10F7N3OS. The van der Waals surface area contributed by atoms with Gasteiger partial charge in [-0.1, -0.05) is 23.5 Å². The number of nitrogens with zero attached hydrogens (tertiary/aromatic N) is 1. The number of carbonyl (C=O) groups excluding carboxylic acids is 1. The van der Waals surface area contributed by atoms with Gasteiger partial charge in [0.15, 0.2) is 0 Å². The van der Waals surface area contributed by atoms with Crippen molar-refractivity contribution in [2.24, 2.45) is 0 Å². The lowest BCUT2D eigenvalue weighted by molar-refractivity contribution is -0.342. The lowest BCUT2D eigenvalue weighted by Crippen LogP contribution is -2.55. The number of fused-ring (bicyclic) bond motifs is 1. The molecule has 0 aliphatic rings. The molecule has 0 spiro atoms. The molecule has 0 radical (unpaired) electrons. The van der Waals surface area contributed by atoms with Crippen molar-refractivity contribution in [1.82, 2.24) is 10.4 Å². The molecule has 0 aliphatic carbocycles. The van der Waals surface area contributed by atoms with Crippen molar-refractivity contribution in [1.29, 1.82) is 0 Å². The molecular weight excluding hydrogens is 391 g/mol. The van der Waals surface area contributed by atoms with E-state index < -0.39 is 29.5 Å². The Bertz CT molecular complexity index is 811. The molecule has 0 saturated carbocycles. The Morgan fingerprint density at radius 3 is 2.31 bits per heavy atom. The highest BCUT2D eigenvalue weighted by atomic mass is 32.1. The maximum absolute atomic E-state index is 13.2. The molecule has 0 aliphatic heterocycles. The van der Waals surface area contributed by atoms with Gasteiger partial charge in [-0.25, -0.2) is 4.98 Å². The van der Waals surface area contributed by atoms with Crippen LogP contribution in [-0.4, -0.2) is 28.8 Å². The summed E-state index contributed by atoms with van der Waals surface area (Å²) < 4.78 is 89.0. The number of thiazole rings is 1. The number of halogens is 7. The Morgan fingerprint density at radius 1 is 1.12 bits per heavy atom. The SMILES string of the molecule is CC(=CC(=O)C(F)(F)C(F)(F)C(F)(F)F)NNc1nc2ccccc2s1. The number of anilines is 1. The average Bonchev–Trinajstić information content (AvgIpc) is 2.94. The molecule has 1 aromatic heterocycles. The molecule has 0 amide bonds. The van der Waals surface area contributed by atoms with Gasteiger partial charge in [0, 0.05) is 11.8 Å². The average molecular weight is 401 g/mol. The van der Waals surface area contributed by atoms with E-state index in [1.54, 1.807) is 24.3 Å². The van der Waals surface area contributed by atoms with Crippen molar-refractivity contribution >= 4 is 32.5 Å². The number of nitrogens with one attached hydrogen (secondary N) is 2. The minimum Gasteiger partial charge on any atom is -0.303 e. The van der Waals surface area contributed by atoms with E-state index in [1.165, 1.54) is 0 Å². The summed E-state index contributed by atoms with van der Waals surface area (Å²) >= 11 is 1.16. The molecule has 0 unspecified atom stereocenters. The van der Waals surface area contributed by atoms with Crippen LogP contribution in [0.15, 0.2) is 36.0 Å². The van der Waals surface area contributed by atoms with Crippen LogP contribution < -0.4 is 10.9 Å².